The number of ether oxygens (including phenoxy) is 1. The van der Waals surface area contributed by atoms with Gasteiger partial charge in [0.1, 0.15) is 0 Å². The molecule has 0 aromatic heterocycles. The third-order valence-electron chi connectivity index (χ3n) is 2.36. The van der Waals surface area contributed by atoms with Crippen molar-refractivity contribution in [3.05, 3.63) is 35.4 Å². The van der Waals surface area contributed by atoms with Gasteiger partial charge in [0, 0.05) is 0 Å². The predicted octanol–water partition coefficient (Wildman–Crippen LogP) is 3.62. The number of hydrogen-bond acceptors (Lipinski definition) is 2. The van der Waals surface area contributed by atoms with E-state index in [-0.39, 0.29) is 5.97 Å². The van der Waals surface area contributed by atoms with E-state index in [2.05, 4.69) is 13.8 Å². The van der Waals surface area contributed by atoms with Gasteiger partial charge in [-0.3, -0.25) is 0 Å². The van der Waals surface area contributed by atoms with Crippen molar-refractivity contribution >= 4 is 5.97 Å². The topological polar surface area (TPSA) is 26.3 Å². The van der Waals surface area contributed by atoms with Crippen LogP contribution in [0.3, 0.4) is 0 Å². The van der Waals surface area contributed by atoms with Crippen LogP contribution >= 0.6 is 0 Å². The Morgan fingerprint density at radius 2 is 1.69 bits per heavy atom. The zero-order valence-electron chi connectivity index (χ0n) is 10.5. The molecule has 0 aliphatic heterocycles. The highest BCUT2D eigenvalue weighted by molar-refractivity contribution is 5.89. The van der Waals surface area contributed by atoms with Crippen molar-refractivity contribution < 1.29 is 9.53 Å². The van der Waals surface area contributed by atoms with Gasteiger partial charge in [0.05, 0.1) is 12.2 Å². The number of esters is 1. The maximum Gasteiger partial charge on any atom is 0.338 e. The Hall–Kier alpha value is -1.31. The lowest BCUT2D eigenvalue weighted by Gasteiger charge is -2.08. The normalized spacial score (nSPS) is 10.9. The molecule has 0 N–H and O–H groups in total. The van der Waals surface area contributed by atoms with Gasteiger partial charge in [-0.25, -0.2) is 4.79 Å². The molecule has 0 aliphatic carbocycles. The van der Waals surface area contributed by atoms with Crippen molar-refractivity contribution in [3.8, 4) is 0 Å². The monoisotopic (exact) mass is 220 g/mol. The van der Waals surface area contributed by atoms with Gasteiger partial charge in [-0.05, 0) is 29.5 Å². The van der Waals surface area contributed by atoms with E-state index in [9.17, 15) is 4.79 Å². The van der Waals surface area contributed by atoms with Crippen molar-refractivity contribution in [3.63, 3.8) is 0 Å². The molecule has 88 valence electrons. The third kappa shape index (κ3) is 3.69. The van der Waals surface area contributed by atoms with Crippen LogP contribution < -0.4 is 0 Å². The van der Waals surface area contributed by atoms with Crippen molar-refractivity contribution in [1.29, 1.82) is 0 Å². The second kappa shape index (κ2) is 5.69. The molecule has 2 nitrogen and oxygen atoms in total. The summed E-state index contributed by atoms with van der Waals surface area (Å²) in [7, 11) is 0. The predicted molar refractivity (Wildman–Crippen MR) is 65.7 cm³/mol. The van der Waals surface area contributed by atoms with Gasteiger partial charge in [0.25, 0.3) is 0 Å². The van der Waals surface area contributed by atoms with Gasteiger partial charge < -0.3 is 4.74 Å². The first-order chi connectivity index (χ1) is 7.50. The summed E-state index contributed by atoms with van der Waals surface area (Å²) in [4.78, 5) is 11.6. The largest absolute Gasteiger partial charge is 0.462 e. The zero-order valence-corrected chi connectivity index (χ0v) is 10.5. The van der Waals surface area contributed by atoms with E-state index in [0.717, 1.165) is 0 Å². The zero-order chi connectivity index (χ0) is 12.1. The van der Waals surface area contributed by atoms with E-state index in [1.807, 2.05) is 38.1 Å². The van der Waals surface area contributed by atoms with Crippen molar-refractivity contribution in [1.82, 2.24) is 0 Å². The van der Waals surface area contributed by atoms with Gasteiger partial charge in [-0.15, -0.1) is 0 Å². The minimum absolute atomic E-state index is 0.232. The van der Waals surface area contributed by atoms with Crippen LogP contribution in [-0.4, -0.2) is 12.6 Å². The molecular weight excluding hydrogens is 200 g/mol. The molecule has 0 atom stereocenters. The second-order valence-electron chi connectivity index (χ2n) is 4.77. The molecule has 0 heterocycles. The smallest absolute Gasteiger partial charge is 0.338 e. The second-order valence-corrected chi connectivity index (χ2v) is 4.77. The molecule has 0 saturated heterocycles. The van der Waals surface area contributed by atoms with E-state index < -0.39 is 0 Å². The molecule has 0 radical (unpaired) electrons. The fourth-order valence-electron chi connectivity index (χ4n) is 1.33. The van der Waals surface area contributed by atoms with Crippen molar-refractivity contribution in [2.45, 2.75) is 33.6 Å². The maximum absolute atomic E-state index is 11.6. The molecule has 0 unspecified atom stereocenters. The van der Waals surface area contributed by atoms with E-state index in [1.165, 1.54) is 5.56 Å². The highest BCUT2D eigenvalue weighted by Gasteiger charge is 2.08. The minimum atomic E-state index is -0.232. The maximum atomic E-state index is 11.6. The standard InChI is InChI=1S/C14H20O2/c1-10(2)9-16-14(15)13-7-5-12(6-8-13)11(3)4/h5-8,10-11H,9H2,1-4H3. The van der Waals surface area contributed by atoms with Crippen LogP contribution in [0.4, 0.5) is 0 Å². The van der Waals surface area contributed by atoms with Crippen molar-refractivity contribution in [2.75, 3.05) is 6.61 Å². The van der Waals surface area contributed by atoms with Gasteiger partial charge in [0.2, 0.25) is 0 Å². The number of benzene rings is 1. The van der Waals surface area contributed by atoms with Crippen LogP contribution in [0.1, 0.15) is 49.5 Å². The van der Waals surface area contributed by atoms with Gasteiger partial charge in [-0.2, -0.15) is 0 Å². The van der Waals surface area contributed by atoms with Crippen LogP contribution in [0.15, 0.2) is 24.3 Å². The Kier molecular flexibility index (Phi) is 4.53. The Labute approximate surface area is 97.6 Å². The molecule has 1 aromatic rings. The first-order valence-corrected chi connectivity index (χ1v) is 5.77. The third-order valence-corrected chi connectivity index (χ3v) is 2.36. The van der Waals surface area contributed by atoms with Crippen LogP contribution in [0.2, 0.25) is 0 Å². The molecular formula is C14H20O2. The summed E-state index contributed by atoms with van der Waals surface area (Å²) in [6, 6.07) is 7.63. The molecule has 1 aromatic carbocycles. The summed E-state index contributed by atoms with van der Waals surface area (Å²) in [5, 5.41) is 0. The molecule has 16 heavy (non-hydrogen) atoms. The van der Waals surface area contributed by atoms with Crippen LogP contribution in [0.25, 0.3) is 0 Å². The summed E-state index contributed by atoms with van der Waals surface area (Å²) >= 11 is 0. The molecule has 0 amide bonds. The first-order valence-electron chi connectivity index (χ1n) is 5.77. The van der Waals surface area contributed by atoms with Gasteiger partial charge in [0.15, 0.2) is 0 Å². The molecule has 2 heteroatoms. The highest BCUT2D eigenvalue weighted by Crippen LogP contribution is 2.15. The first kappa shape index (κ1) is 12.8. The lowest BCUT2D eigenvalue weighted by atomic mass is 10.0. The fraction of sp³-hybridized carbons (Fsp3) is 0.500. The van der Waals surface area contributed by atoms with E-state index in [0.29, 0.717) is 24.0 Å². The summed E-state index contributed by atoms with van der Waals surface area (Å²) in [5.74, 6) is 0.628. The number of carbonyl (C=O) groups is 1. The number of hydrogen-bond donors (Lipinski definition) is 0. The SMILES string of the molecule is CC(C)COC(=O)c1ccc(C(C)C)cc1. The van der Waals surface area contributed by atoms with E-state index >= 15 is 0 Å². The Morgan fingerprint density at radius 3 is 2.12 bits per heavy atom. The summed E-state index contributed by atoms with van der Waals surface area (Å²) in [6.07, 6.45) is 0. The van der Waals surface area contributed by atoms with E-state index in [4.69, 9.17) is 4.74 Å². The summed E-state index contributed by atoms with van der Waals surface area (Å²) in [6.45, 7) is 8.78. The molecule has 0 aliphatic rings. The molecule has 0 fully saturated rings. The van der Waals surface area contributed by atoms with Gasteiger partial charge >= 0.3 is 5.97 Å². The van der Waals surface area contributed by atoms with Crippen LogP contribution in [0, 0.1) is 5.92 Å². The lowest BCUT2D eigenvalue weighted by Crippen LogP contribution is -2.10. The van der Waals surface area contributed by atoms with Crippen LogP contribution in [0.5, 0.6) is 0 Å². The molecule has 1 rings (SSSR count). The molecule has 0 spiro atoms. The fourth-order valence-corrected chi connectivity index (χ4v) is 1.33. The highest BCUT2D eigenvalue weighted by atomic mass is 16.5. The summed E-state index contributed by atoms with van der Waals surface area (Å²) < 4.78 is 5.15. The Bertz CT molecular complexity index is 336. The van der Waals surface area contributed by atoms with E-state index in [1.54, 1.807) is 0 Å². The average Bonchev–Trinajstić information content (AvgIpc) is 2.26. The Balaban J connectivity index is 2.63. The van der Waals surface area contributed by atoms with Crippen molar-refractivity contribution in [2.24, 2.45) is 5.92 Å². The number of rotatable bonds is 4. The molecule has 0 saturated carbocycles. The Morgan fingerprint density at radius 1 is 1.12 bits per heavy atom. The summed E-state index contributed by atoms with van der Waals surface area (Å²) in [5.41, 5.74) is 1.87. The molecule has 0 bridgehead atoms. The average molecular weight is 220 g/mol. The van der Waals surface area contributed by atoms with Crippen LogP contribution in [-0.2, 0) is 4.74 Å². The lowest BCUT2D eigenvalue weighted by molar-refractivity contribution is 0.0459. The minimum Gasteiger partial charge on any atom is -0.462 e. The number of carbonyl (C=O) groups excluding carboxylic acids is 1. The van der Waals surface area contributed by atoms with Gasteiger partial charge in [-0.1, -0.05) is 39.8 Å². The quantitative estimate of drug-likeness (QED) is 0.724.